The van der Waals surface area contributed by atoms with E-state index in [0.717, 1.165) is 38.1 Å². The van der Waals surface area contributed by atoms with Crippen LogP contribution in [0.2, 0.25) is 0 Å². The van der Waals surface area contributed by atoms with Gasteiger partial charge in [-0.15, -0.1) is 0 Å². The molecule has 0 amide bonds. The van der Waals surface area contributed by atoms with Crippen molar-refractivity contribution in [3.63, 3.8) is 0 Å². The van der Waals surface area contributed by atoms with Gasteiger partial charge in [0.2, 0.25) is 5.95 Å². The first kappa shape index (κ1) is 12.4. The van der Waals surface area contributed by atoms with Gasteiger partial charge >= 0.3 is 0 Å². The highest BCUT2D eigenvalue weighted by Crippen LogP contribution is 2.33. The maximum absolute atomic E-state index is 13.2. The summed E-state index contributed by atoms with van der Waals surface area (Å²) in [4.78, 5) is 4.24. The zero-order chi connectivity index (χ0) is 13.5. The lowest BCUT2D eigenvalue weighted by Gasteiger charge is -2.34. The maximum atomic E-state index is 13.2. The monoisotopic (exact) mass is 263 g/mol. The van der Waals surface area contributed by atoms with Gasteiger partial charge in [-0.2, -0.15) is 0 Å². The maximum Gasteiger partial charge on any atom is 0.201 e. The third-order valence-electron chi connectivity index (χ3n) is 3.98. The highest BCUT2D eigenvalue weighted by atomic mass is 19.1. The first-order chi connectivity index (χ1) is 9.07. The number of nitrogen functional groups attached to an aromatic ring is 1. The number of fused-ring (bicyclic) bond motifs is 1. The third-order valence-corrected chi connectivity index (χ3v) is 3.98. The smallest absolute Gasteiger partial charge is 0.201 e. The van der Waals surface area contributed by atoms with E-state index in [-0.39, 0.29) is 11.2 Å². The second kappa shape index (κ2) is 4.49. The molecule has 2 N–H and O–H groups in total. The molecule has 1 aromatic heterocycles. The van der Waals surface area contributed by atoms with Gasteiger partial charge in [-0.05, 0) is 30.4 Å². The van der Waals surface area contributed by atoms with Crippen LogP contribution >= 0.6 is 0 Å². The van der Waals surface area contributed by atoms with Crippen LogP contribution in [0.4, 0.5) is 10.3 Å². The predicted octanol–water partition coefficient (Wildman–Crippen LogP) is 2.57. The zero-order valence-electron chi connectivity index (χ0n) is 11.0. The first-order valence-corrected chi connectivity index (χ1v) is 6.56. The van der Waals surface area contributed by atoms with Gasteiger partial charge in [0.1, 0.15) is 5.82 Å². The molecule has 0 unspecified atom stereocenters. The van der Waals surface area contributed by atoms with Crippen molar-refractivity contribution in [1.29, 1.82) is 0 Å². The largest absolute Gasteiger partial charge is 0.381 e. The Morgan fingerprint density at radius 1 is 1.42 bits per heavy atom. The Labute approximate surface area is 111 Å². The molecule has 1 fully saturated rings. The van der Waals surface area contributed by atoms with Crippen LogP contribution in [0.25, 0.3) is 11.0 Å². The van der Waals surface area contributed by atoms with Gasteiger partial charge in [-0.25, -0.2) is 9.37 Å². The van der Waals surface area contributed by atoms with Crippen molar-refractivity contribution >= 4 is 17.0 Å². The van der Waals surface area contributed by atoms with E-state index in [1.807, 2.05) is 4.57 Å². The predicted molar refractivity (Wildman–Crippen MR) is 72.3 cm³/mol. The lowest BCUT2D eigenvalue weighted by molar-refractivity contribution is 0.0163. The van der Waals surface area contributed by atoms with Gasteiger partial charge in [0.05, 0.1) is 11.0 Å². The topological polar surface area (TPSA) is 53.1 Å². The van der Waals surface area contributed by atoms with Crippen molar-refractivity contribution in [3.8, 4) is 0 Å². The van der Waals surface area contributed by atoms with Crippen molar-refractivity contribution in [3.05, 3.63) is 24.0 Å². The SMILES string of the molecule is CC1(Cn2c(N)nc3cc(F)ccc32)CCOCC1. The molecule has 1 aliphatic rings. The van der Waals surface area contributed by atoms with Gasteiger partial charge in [0.25, 0.3) is 0 Å². The molecule has 3 rings (SSSR count). The number of nitrogens with zero attached hydrogens (tertiary/aromatic N) is 2. The molecule has 4 nitrogen and oxygen atoms in total. The first-order valence-electron chi connectivity index (χ1n) is 6.56. The molecule has 1 saturated heterocycles. The number of hydrogen-bond donors (Lipinski definition) is 1. The molecular formula is C14H18FN3O. The molecule has 0 atom stereocenters. The Kier molecular flexibility index (Phi) is 2.93. The van der Waals surface area contributed by atoms with Crippen molar-refractivity contribution in [2.75, 3.05) is 18.9 Å². The number of rotatable bonds is 2. The molecule has 0 bridgehead atoms. The van der Waals surface area contributed by atoms with E-state index < -0.39 is 0 Å². The lowest BCUT2D eigenvalue weighted by atomic mass is 9.82. The van der Waals surface area contributed by atoms with E-state index in [4.69, 9.17) is 10.5 Å². The second-order valence-electron chi connectivity index (χ2n) is 5.61. The van der Waals surface area contributed by atoms with Crippen LogP contribution in [0.15, 0.2) is 18.2 Å². The highest BCUT2D eigenvalue weighted by molar-refractivity contribution is 5.78. The Balaban J connectivity index is 1.98. The average molecular weight is 263 g/mol. The molecule has 19 heavy (non-hydrogen) atoms. The van der Waals surface area contributed by atoms with Crippen LogP contribution < -0.4 is 5.73 Å². The molecule has 0 spiro atoms. The van der Waals surface area contributed by atoms with Crippen molar-refractivity contribution in [2.24, 2.45) is 5.41 Å². The number of benzene rings is 1. The van der Waals surface area contributed by atoms with Gasteiger partial charge in [-0.3, -0.25) is 0 Å². The van der Waals surface area contributed by atoms with Crippen LogP contribution in [0, 0.1) is 11.2 Å². The summed E-state index contributed by atoms with van der Waals surface area (Å²) in [6, 6.07) is 4.62. The van der Waals surface area contributed by atoms with Crippen molar-refractivity contribution < 1.29 is 9.13 Å². The number of aromatic nitrogens is 2. The summed E-state index contributed by atoms with van der Waals surface area (Å²) in [6.07, 6.45) is 2.01. The molecular weight excluding hydrogens is 245 g/mol. The fraction of sp³-hybridized carbons (Fsp3) is 0.500. The number of hydrogen-bond acceptors (Lipinski definition) is 3. The summed E-state index contributed by atoms with van der Waals surface area (Å²) in [6.45, 7) is 4.62. The number of anilines is 1. The van der Waals surface area contributed by atoms with Gasteiger partial charge in [-0.1, -0.05) is 6.92 Å². The highest BCUT2D eigenvalue weighted by Gasteiger charge is 2.29. The Bertz CT molecular complexity index is 602. The molecule has 1 aromatic carbocycles. The fourth-order valence-corrected chi connectivity index (χ4v) is 2.69. The zero-order valence-corrected chi connectivity index (χ0v) is 11.0. The van der Waals surface area contributed by atoms with Crippen LogP contribution in [0.3, 0.4) is 0 Å². The van der Waals surface area contributed by atoms with Gasteiger partial charge in [0, 0.05) is 25.8 Å². The number of imidazole rings is 1. The molecule has 0 saturated carbocycles. The van der Waals surface area contributed by atoms with Crippen LogP contribution in [-0.4, -0.2) is 22.8 Å². The van der Waals surface area contributed by atoms with Crippen LogP contribution in [0.5, 0.6) is 0 Å². The number of nitrogens with two attached hydrogens (primary N) is 1. The van der Waals surface area contributed by atoms with E-state index >= 15 is 0 Å². The van der Waals surface area contributed by atoms with E-state index in [1.54, 1.807) is 6.07 Å². The molecule has 1 aliphatic heterocycles. The minimum atomic E-state index is -0.283. The standard InChI is InChI=1S/C14H18FN3O/c1-14(4-6-19-7-5-14)9-18-12-3-2-10(15)8-11(12)17-13(18)16/h2-3,8H,4-7,9H2,1H3,(H2,16,17). The lowest BCUT2D eigenvalue weighted by Crippen LogP contribution is -2.31. The van der Waals surface area contributed by atoms with Crippen molar-refractivity contribution in [2.45, 2.75) is 26.3 Å². The van der Waals surface area contributed by atoms with E-state index in [0.29, 0.717) is 11.5 Å². The quantitative estimate of drug-likeness (QED) is 0.906. The Hall–Kier alpha value is -1.62. The second-order valence-corrected chi connectivity index (χ2v) is 5.61. The molecule has 102 valence electrons. The molecule has 5 heteroatoms. The summed E-state index contributed by atoms with van der Waals surface area (Å²) in [7, 11) is 0. The third kappa shape index (κ3) is 2.30. The van der Waals surface area contributed by atoms with Gasteiger partial charge in [0.15, 0.2) is 0 Å². The molecule has 2 heterocycles. The van der Waals surface area contributed by atoms with Crippen LogP contribution in [0.1, 0.15) is 19.8 Å². The average Bonchev–Trinajstić information content (AvgIpc) is 2.65. The van der Waals surface area contributed by atoms with E-state index in [2.05, 4.69) is 11.9 Å². The number of ether oxygens (including phenoxy) is 1. The minimum absolute atomic E-state index is 0.161. The fourth-order valence-electron chi connectivity index (χ4n) is 2.69. The molecule has 0 radical (unpaired) electrons. The summed E-state index contributed by atoms with van der Waals surface area (Å²) >= 11 is 0. The van der Waals surface area contributed by atoms with E-state index in [9.17, 15) is 4.39 Å². The molecule has 0 aliphatic carbocycles. The summed E-state index contributed by atoms with van der Waals surface area (Å²) in [5, 5.41) is 0. The molecule has 2 aromatic rings. The Morgan fingerprint density at radius 3 is 2.89 bits per heavy atom. The summed E-state index contributed by atoms with van der Waals surface area (Å²) < 4.78 is 20.6. The van der Waals surface area contributed by atoms with Crippen molar-refractivity contribution in [1.82, 2.24) is 9.55 Å². The number of halogens is 1. The minimum Gasteiger partial charge on any atom is -0.381 e. The van der Waals surface area contributed by atoms with E-state index in [1.165, 1.54) is 12.1 Å². The summed E-state index contributed by atoms with van der Waals surface area (Å²) in [5.41, 5.74) is 7.65. The summed E-state index contributed by atoms with van der Waals surface area (Å²) in [5.74, 6) is 0.169. The normalized spacial score (nSPS) is 18.8. The van der Waals surface area contributed by atoms with Crippen LogP contribution in [-0.2, 0) is 11.3 Å². The van der Waals surface area contributed by atoms with Gasteiger partial charge < -0.3 is 15.0 Å². The Morgan fingerprint density at radius 2 is 2.16 bits per heavy atom.